The van der Waals surface area contributed by atoms with E-state index in [0.717, 1.165) is 25.7 Å². The maximum absolute atomic E-state index is 12.9. The number of hydrogen-bond acceptors (Lipinski definition) is 3. The van der Waals surface area contributed by atoms with E-state index in [1.54, 1.807) is 36.2 Å². The van der Waals surface area contributed by atoms with Gasteiger partial charge in [-0.1, -0.05) is 12.8 Å². The minimum absolute atomic E-state index is 0.0118. The number of nitrogens with zero attached hydrogens (tertiary/aromatic N) is 4. The van der Waals surface area contributed by atoms with Crippen LogP contribution in [0, 0.1) is 0 Å². The van der Waals surface area contributed by atoms with E-state index in [1.165, 1.54) is 12.8 Å². The predicted octanol–water partition coefficient (Wildman–Crippen LogP) is 1.69. The van der Waals surface area contributed by atoms with Crippen molar-refractivity contribution in [2.75, 3.05) is 20.6 Å². The maximum atomic E-state index is 12.9. The first-order valence-corrected chi connectivity index (χ1v) is 8.15. The fourth-order valence-electron chi connectivity index (χ4n) is 3.64. The molecule has 22 heavy (non-hydrogen) atoms. The lowest BCUT2D eigenvalue weighted by atomic mass is 10.2. The molecule has 1 atom stereocenters. The topological polar surface area (TPSA) is 58.4 Å². The summed E-state index contributed by atoms with van der Waals surface area (Å²) in [6, 6.07) is 1.80. The molecule has 1 aromatic heterocycles. The Kier molecular flexibility index (Phi) is 4.18. The molecule has 0 N–H and O–H groups in total. The van der Waals surface area contributed by atoms with E-state index in [1.807, 2.05) is 4.68 Å². The third-order valence-corrected chi connectivity index (χ3v) is 4.80. The van der Waals surface area contributed by atoms with Crippen molar-refractivity contribution in [1.82, 2.24) is 19.6 Å². The summed E-state index contributed by atoms with van der Waals surface area (Å²) in [6.07, 6.45) is 7.90. The zero-order chi connectivity index (χ0) is 15.7. The minimum Gasteiger partial charge on any atom is -0.347 e. The Morgan fingerprint density at radius 2 is 1.91 bits per heavy atom. The number of likely N-dealkylation sites (N-methyl/N-ethyl adjacent to an activating group) is 1. The van der Waals surface area contributed by atoms with Crippen LogP contribution in [0.15, 0.2) is 12.3 Å². The molecule has 120 valence electrons. The number of rotatable bonds is 3. The number of carbonyl (C=O) groups is 2. The highest BCUT2D eigenvalue weighted by Gasteiger charge is 2.37. The van der Waals surface area contributed by atoms with E-state index in [0.29, 0.717) is 18.3 Å². The largest absolute Gasteiger partial charge is 0.347 e. The highest BCUT2D eigenvalue weighted by Crippen LogP contribution is 2.31. The zero-order valence-electron chi connectivity index (χ0n) is 13.4. The van der Waals surface area contributed by atoms with Crippen molar-refractivity contribution in [2.45, 2.75) is 50.6 Å². The fourth-order valence-corrected chi connectivity index (χ4v) is 3.64. The van der Waals surface area contributed by atoms with Gasteiger partial charge in [0.2, 0.25) is 5.91 Å². The van der Waals surface area contributed by atoms with Crippen molar-refractivity contribution in [1.29, 1.82) is 0 Å². The van der Waals surface area contributed by atoms with Gasteiger partial charge >= 0.3 is 0 Å². The summed E-state index contributed by atoms with van der Waals surface area (Å²) in [4.78, 5) is 28.5. The summed E-state index contributed by atoms with van der Waals surface area (Å²) in [5.41, 5.74) is 0.630. The molecule has 0 spiro atoms. The average molecular weight is 304 g/mol. The van der Waals surface area contributed by atoms with E-state index >= 15 is 0 Å². The molecule has 2 fully saturated rings. The zero-order valence-corrected chi connectivity index (χ0v) is 13.4. The molecule has 1 unspecified atom stereocenters. The van der Waals surface area contributed by atoms with Crippen LogP contribution < -0.4 is 0 Å². The Balaban J connectivity index is 1.81. The van der Waals surface area contributed by atoms with Gasteiger partial charge < -0.3 is 9.80 Å². The van der Waals surface area contributed by atoms with Crippen molar-refractivity contribution in [3.63, 3.8) is 0 Å². The minimum atomic E-state index is -0.325. The highest BCUT2D eigenvalue weighted by atomic mass is 16.2. The third kappa shape index (κ3) is 2.62. The molecule has 0 radical (unpaired) electrons. The normalized spacial score (nSPS) is 22.3. The molecule has 1 saturated heterocycles. The van der Waals surface area contributed by atoms with Gasteiger partial charge in [-0.05, 0) is 31.7 Å². The van der Waals surface area contributed by atoms with E-state index in [-0.39, 0.29) is 17.9 Å². The second-order valence-corrected chi connectivity index (χ2v) is 6.49. The number of aromatic nitrogens is 2. The summed E-state index contributed by atoms with van der Waals surface area (Å²) < 4.78 is 1.88. The summed E-state index contributed by atoms with van der Waals surface area (Å²) in [5, 5.41) is 4.37. The van der Waals surface area contributed by atoms with Crippen LogP contribution in [0.3, 0.4) is 0 Å². The van der Waals surface area contributed by atoms with Gasteiger partial charge in [0.15, 0.2) is 0 Å². The second-order valence-electron chi connectivity index (χ2n) is 6.49. The second kappa shape index (κ2) is 6.10. The summed E-state index contributed by atoms with van der Waals surface area (Å²) in [7, 11) is 3.48. The Bertz CT molecular complexity index is 560. The molecule has 3 rings (SSSR count). The Hall–Kier alpha value is -1.85. The molecular formula is C16H24N4O2. The van der Waals surface area contributed by atoms with Gasteiger partial charge in [-0.3, -0.25) is 14.3 Å². The Morgan fingerprint density at radius 1 is 1.18 bits per heavy atom. The van der Waals surface area contributed by atoms with Crippen LogP contribution in [-0.2, 0) is 4.79 Å². The molecule has 1 aliphatic heterocycles. The summed E-state index contributed by atoms with van der Waals surface area (Å²) in [6.45, 7) is 0.652. The molecule has 1 aromatic rings. The lowest BCUT2D eigenvalue weighted by molar-refractivity contribution is -0.132. The molecule has 2 heterocycles. The van der Waals surface area contributed by atoms with Crippen molar-refractivity contribution >= 4 is 11.8 Å². The van der Waals surface area contributed by atoms with Gasteiger partial charge in [0, 0.05) is 26.8 Å². The van der Waals surface area contributed by atoms with E-state index in [9.17, 15) is 9.59 Å². The van der Waals surface area contributed by atoms with Crippen LogP contribution in [-0.4, -0.2) is 58.1 Å². The van der Waals surface area contributed by atoms with Crippen LogP contribution in [0.4, 0.5) is 0 Å². The first kappa shape index (κ1) is 15.1. The van der Waals surface area contributed by atoms with Gasteiger partial charge in [-0.25, -0.2) is 0 Å². The van der Waals surface area contributed by atoms with Crippen LogP contribution in [0.5, 0.6) is 0 Å². The SMILES string of the molecule is CN(C)C(=O)C1CCCN1C(=O)c1ccnn1C1CCCC1. The molecule has 6 heteroatoms. The lowest BCUT2D eigenvalue weighted by Gasteiger charge is -2.27. The van der Waals surface area contributed by atoms with Crippen LogP contribution in [0.25, 0.3) is 0 Å². The van der Waals surface area contributed by atoms with Crippen LogP contribution in [0.1, 0.15) is 55.1 Å². The van der Waals surface area contributed by atoms with Crippen molar-refractivity contribution in [3.05, 3.63) is 18.0 Å². The summed E-state index contributed by atoms with van der Waals surface area (Å²) >= 11 is 0. The van der Waals surface area contributed by atoms with Gasteiger partial charge in [0.1, 0.15) is 11.7 Å². The monoisotopic (exact) mass is 304 g/mol. The van der Waals surface area contributed by atoms with E-state index < -0.39 is 0 Å². The van der Waals surface area contributed by atoms with Crippen LogP contribution in [0.2, 0.25) is 0 Å². The van der Waals surface area contributed by atoms with Gasteiger partial charge in [-0.2, -0.15) is 5.10 Å². The van der Waals surface area contributed by atoms with Crippen molar-refractivity contribution in [3.8, 4) is 0 Å². The molecule has 0 bridgehead atoms. The molecule has 2 aliphatic rings. The van der Waals surface area contributed by atoms with Crippen molar-refractivity contribution in [2.24, 2.45) is 0 Å². The predicted molar refractivity (Wildman–Crippen MR) is 82.5 cm³/mol. The molecule has 1 saturated carbocycles. The number of hydrogen-bond donors (Lipinski definition) is 0. The smallest absolute Gasteiger partial charge is 0.272 e. The molecule has 6 nitrogen and oxygen atoms in total. The molecule has 2 amide bonds. The first-order valence-electron chi connectivity index (χ1n) is 8.15. The van der Waals surface area contributed by atoms with Crippen molar-refractivity contribution < 1.29 is 9.59 Å². The molecule has 1 aliphatic carbocycles. The quantitative estimate of drug-likeness (QED) is 0.854. The van der Waals surface area contributed by atoms with Gasteiger partial charge in [0.25, 0.3) is 5.91 Å². The molecule has 0 aromatic carbocycles. The summed E-state index contributed by atoms with van der Waals surface area (Å²) in [5.74, 6) is -0.0418. The fraction of sp³-hybridized carbons (Fsp3) is 0.688. The lowest BCUT2D eigenvalue weighted by Crippen LogP contribution is -2.46. The number of amides is 2. The Morgan fingerprint density at radius 3 is 2.59 bits per heavy atom. The maximum Gasteiger partial charge on any atom is 0.272 e. The third-order valence-electron chi connectivity index (χ3n) is 4.80. The van der Waals surface area contributed by atoms with E-state index in [4.69, 9.17) is 0 Å². The first-order chi connectivity index (χ1) is 10.6. The Labute approximate surface area is 131 Å². The highest BCUT2D eigenvalue weighted by molar-refractivity contribution is 5.96. The number of carbonyl (C=O) groups excluding carboxylic acids is 2. The van der Waals surface area contributed by atoms with Crippen LogP contribution >= 0.6 is 0 Å². The standard InChI is InChI=1S/C16H24N4O2/c1-18(2)15(21)13-8-5-11-19(13)16(22)14-9-10-17-20(14)12-6-3-4-7-12/h9-10,12-13H,3-8,11H2,1-2H3. The van der Waals surface area contributed by atoms with Gasteiger partial charge in [0.05, 0.1) is 6.04 Å². The number of likely N-dealkylation sites (tertiary alicyclic amines) is 1. The molecular weight excluding hydrogens is 280 g/mol. The average Bonchev–Trinajstić information content (AvgIpc) is 3.23. The van der Waals surface area contributed by atoms with Gasteiger partial charge in [-0.15, -0.1) is 0 Å². The van der Waals surface area contributed by atoms with E-state index in [2.05, 4.69) is 5.10 Å².